The first-order valence-electron chi connectivity index (χ1n) is 6.89. The minimum atomic E-state index is -0.464. The number of carbonyl (C=O) groups is 1. The van der Waals surface area contributed by atoms with Gasteiger partial charge in [0.05, 0.1) is 5.41 Å². The van der Waals surface area contributed by atoms with E-state index in [9.17, 15) is 9.90 Å². The fourth-order valence-corrected chi connectivity index (χ4v) is 2.91. The van der Waals surface area contributed by atoms with Crippen LogP contribution in [0.4, 0.5) is 0 Å². The molecule has 0 aliphatic heterocycles. The van der Waals surface area contributed by atoms with Crippen molar-refractivity contribution >= 4 is 5.91 Å². The second-order valence-electron chi connectivity index (χ2n) is 5.13. The second-order valence-corrected chi connectivity index (χ2v) is 5.13. The summed E-state index contributed by atoms with van der Waals surface area (Å²) in [5.41, 5.74) is 6.28. The third kappa shape index (κ3) is 2.21. The summed E-state index contributed by atoms with van der Waals surface area (Å²) in [6.07, 6.45) is 0.809. The Bertz CT molecular complexity index is 454. The van der Waals surface area contributed by atoms with Gasteiger partial charge in [0.1, 0.15) is 5.75 Å². The van der Waals surface area contributed by atoms with Crippen molar-refractivity contribution in [2.75, 3.05) is 19.6 Å². The number of carbonyl (C=O) groups excluding carboxylic acids is 1. The molecule has 0 heterocycles. The van der Waals surface area contributed by atoms with Gasteiger partial charge in [0.2, 0.25) is 5.91 Å². The van der Waals surface area contributed by atoms with Crippen LogP contribution in [0, 0.1) is 5.92 Å². The molecular formula is C15H22N2O2. The summed E-state index contributed by atoms with van der Waals surface area (Å²) < 4.78 is 0. The lowest BCUT2D eigenvalue weighted by Crippen LogP contribution is -2.40. The lowest BCUT2D eigenvalue weighted by Gasteiger charge is -2.26. The molecule has 2 rings (SSSR count). The maximum Gasteiger partial charge on any atom is 0.233 e. The van der Waals surface area contributed by atoms with Gasteiger partial charge in [-0.25, -0.2) is 0 Å². The van der Waals surface area contributed by atoms with E-state index in [0.29, 0.717) is 19.6 Å². The zero-order valence-corrected chi connectivity index (χ0v) is 11.6. The Morgan fingerprint density at radius 3 is 2.37 bits per heavy atom. The Kier molecular flexibility index (Phi) is 3.80. The van der Waals surface area contributed by atoms with Gasteiger partial charge in [-0.1, -0.05) is 12.1 Å². The number of hydrogen-bond donors (Lipinski definition) is 2. The molecule has 0 spiro atoms. The zero-order chi connectivity index (χ0) is 14.0. The number of nitrogens with two attached hydrogens (primary N) is 1. The Morgan fingerprint density at radius 2 is 1.95 bits per heavy atom. The highest BCUT2D eigenvalue weighted by Gasteiger charge is 2.61. The van der Waals surface area contributed by atoms with Crippen molar-refractivity contribution in [1.82, 2.24) is 4.90 Å². The number of amides is 1. The number of rotatable bonds is 5. The minimum Gasteiger partial charge on any atom is -0.508 e. The molecule has 4 nitrogen and oxygen atoms in total. The normalized spacial score (nSPS) is 25.1. The lowest BCUT2D eigenvalue weighted by atomic mass is 9.91. The van der Waals surface area contributed by atoms with Crippen molar-refractivity contribution in [3.63, 3.8) is 0 Å². The Morgan fingerprint density at radius 1 is 1.37 bits per heavy atom. The third-order valence-electron chi connectivity index (χ3n) is 4.20. The van der Waals surface area contributed by atoms with Crippen LogP contribution < -0.4 is 5.73 Å². The zero-order valence-electron chi connectivity index (χ0n) is 11.6. The summed E-state index contributed by atoms with van der Waals surface area (Å²) in [6.45, 7) is 5.93. The van der Waals surface area contributed by atoms with E-state index < -0.39 is 5.41 Å². The molecule has 3 N–H and O–H groups in total. The molecule has 19 heavy (non-hydrogen) atoms. The highest BCUT2D eigenvalue weighted by molar-refractivity contribution is 5.92. The number of benzene rings is 1. The van der Waals surface area contributed by atoms with Gasteiger partial charge in [0.15, 0.2) is 0 Å². The molecule has 1 aromatic carbocycles. The molecule has 1 saturated carbocycles. The highest BCUT2D eigenvalue weighted by Crippen LogP contribution is 2.55. The van der Waals surface area contributed by atoms with Crippen molar-refractivity contribution in [2.24, 2.45) is 11.7 Å². The summed E-state index contributed by atoms with van der Waals surface area (Å²) in [5.74, 6) is 0.600. The SMILES string of the molecule is CCN(CC)C(=O)C1(c2ccc(O)cc2)CC1CN. The van der Waals surface area contributed by atoms with Crippen LogP contribution in [0.3, 0.4) is 0 Å². The molecule has 1 aliphatic carbocycles. The smallest absolute Gasteiger partial charge is 0.233 e. The Labute approximate surface area is 114 Å². The molecular weight excluding hydrogens is 240 g/mol. The van der Waals surface area contributed by atoms with E-state index in [0.717, 1.165) is 12.0 Å². The van der Waals surface area contributed by atoms with Crippen molar-refractivity contribution in [2.45, 2.75) is 25.7 Å². The summed E-state index contributed by atoms with van der Waals surface area (Å²) in [7, 11) is 0. The van der Waals surface area contributed by atoms with Crippen LogP contribution in [0.5, 0.6) is 5.75 Å². The molecule has 0 bridgehead atoms. The predicted molar refractivity (Wildman–Crippen MR) is 74.9 cm³/mol. The molecule has 1 fully saturated rings. The van der Waals surface area contributed by atoms with Crippen LogP contribution in [-0.4, -0.2) is 35.5 Å². The lowest BCUT2D eigenvalue weighted by molar-refractivity contribution is -0.134. The van der Waals surface area contributed by atoms with Crippen molar-refractivity contribution in [3.05, 3.63) is 29.8 Å². The van der Waals surface area contributed by atoms with Gasteiger partial charge < -0.3 is 15.7 Å². The first kappa shape index (κ1) is 13.9. The van der Waals surface area contributed by atoms with Gasteiger partial charge in [0.25, 0.3) is 0 Å². The summed E-state index contributed by atoms with van der Waals surface area (Å²) in [6, 6.07) is 6.95. The quantitative estimate of drug-likeness (QED) is 0.844. The molecule has 0 saturated heterocycles. The van der Waals surface area contributed by atoms with Crippen LogP contribution in [0.1, 0.15) is 25.8 Å². The average molecular weight is 262 g/mol. The maximum absolute atomic E-state index is 12.8. The predicted octanol–water partition coefficient (Wildman–Crippen LogP) is 1.48. The topological polar surface area (TPSA) is 66.6 Å². The van der Waals surface area contributed by atoms with Crippen LogP contribution in [0.25, 0.3) is 0 Å². The number of hydrogen-bond acceptors (Lipinski definition) is 3. The number of nitrogens with zero attached hydrogens (tertiary/aromatic N) is 1. The molecule has 0 aromatic heterocycles. The van der Waals surface area contributed by atoms with Crippen molar-refractivity contribution < 1.29 is 9.90 Å². The standard InChI is InChI=1S/C15H22N2O2/c1-3-17(4-2)14(19)15(9-12(15)10-16)11-5-7-13(18)8-6-11/h5-8,12,18H,3-4,9-10,16H2,1-2H3. The first-order valence-corrected chi connectivity index (χ1v) is 6.89. The monoisotopic (exact) mass is 262 g/mol. The van der Waals surface area contributed by atoms with E-state index in [-0.39, 0.29) is 17.6 Å². The fraction of sp³-hybridized carbons (Fsp3) is 0.533. The summed E-state index contributed by atoms with van der Waals surface area (Å²) in [5, 5.41) is 9.39. The molecule has 0 radical (unpaired) electrons. The van der Waals surface area contributed by atoms with Crippen molar-refractivity contribution in [1.29, 1.82) is 0 Å². The largest absolute Gasteiger partial charge is 0.508 e. The molecule has 1 aliphatic rings. The van der Waals surface area contributed by atoms with Gasteiger partial charge in [-0.05, 0) is 50.4 Å². The van der Waals surface area contributed by atoms with Crippen LogP contribution >= 0.6 is 0 Å². The van der Waals surface area contributed by atoms with Gasteiger partial charge in [-0.3, -0.25) is 4.79 Å². The van der Waals surface area contributed by atoms with E-state index in [1.165, 1.54) is 0 Å². The number of phenolic OH excluding ortho intramolecular Hbond substituents is 1. The molecule has 2 unspecified atom stereocenters. The number of likely N-dealkylation sites (N-methyl/N-ethyl adjacent to an activating group) is 1. The van der Waals surface area contributed by atoms with Gasteiger partial charge in [-0.2, -0.15) is 0 Å². The first-order chi connectivity index (χ1) is 9.09. The van der Waals surface area contributed by atoms with Gasteiger partial charge in [-0.15, -0.1) is 0 Å². The molecule has 2 atom stereocenters. The van der Waals surface area contributed by atoms with Crippen LogP contribution in [0.15, 0.2) is 24.3 Å². The molecule has 104 valence electrons. The average Bonchev–Trinajstić information content (AvgIpc) is 3.16. The summed E-state index contributed by atoms with van der Waals surface area (Å²) in [4.78, 5) is 14.6. The van der Waals surface area contributed by atoms with E-state index in [1.807, 2.05) is 30.9 Å². The molecule has 1 amide bonds. The van der Waals surface area contributed by atoms with E-state index in [2.05, 4.69) is 0 Å². The van der Waals surface area contributed by atoms with Gasteiger partial charge in [0, 0.05) is 13.1 Å². The third-order valence-corrected chi connectivity index (χ3v) is 4.20. The highest BCUT2D eigenvalue weighted by atomic mass is 16.3. The number of aromatic hydroxyl groups is 1. The van der Waals surface area contributed by atoms with E-state index in [1.54, 1.807) is 12.1 Å². The maximum atomic E-state index is 12.8. The summed E-state index contributed by atoms with van der Waals surface area (Å²) >= 11 is 0. The second kappa shape index (κ2) is 5.21. The molecule has 1 aromatic rings. The van der Waals surface area contributed by atoms with Crippen LogP contribution in [-0.2, 0) is 10.2 Å². The molecule has 4 heteroatoms. The van der Waals surface area contributed by atoms with Gasteiger partial charge >= 0.3 is 0 Å². The number of phenols is 1. The van der Waals surface area contributed by atoms with Crippen molar-refractivity contribution in [3.8, 4) is 5.75 Å². The van der Waals surface area contributed by atoms with Crippen LogP contribution in [0.2, 0.25) is 0 Å². The fourth-order valence-electron chi connectivity index (χ4n) is 2.91. The van der Waals surface area contributed by atoms with E-state index >= 15 is 0 Å². The van der Waals surface area contributed by atoms with E-state index in [4.69, 9.17) is 5.73 Å². The Balaban J connectivity index is 2.34. The Hall–Kier alpha value is -1.55. The minimum absolute atomic E-state index is 0.165.